The van der Waals surface area contributed by atoms with Crippen molar-refractivity contribution < 1.29 is 9.53 Å². The molecule has 0 fully saturated rings. The second-order valence-electron chi connectivity index (χ2n) is 6.32. The molecule has 1 aromatic heterocycles. The van der Waals surface area contributed by atoms with Crippen LogP contribution in [0.3, 0.4) is 0 Å². The van der Waals surface area contributed by atoms with Crippen LogP contribution in [0.25, 0.3) is 0 Å². The summed E-state index contributed by atoms with van der Waals surface area (Å²) in [4.78, 5) is 11.9. The summed E-state index contributed by atoms with van der Waals surface area (Å²) < 4.78 is 5.34. The molecule has 0 unspecified atom stereocenters. The van der Waals surface area contributed by atoms with E-state index in [2.05, 4.69) is 15.5 Å². The first-order chi connectivity index (χ1) is 10.3. The molecule has 0 radical (unpaired) electrons. The van der Waals surface area contributed by atoms with Gasteiger partial charge in [0.05, 0.1) is 11.8 Å². The van der Waals surface area contributed by atoms with Crippen LogP contribution in [-0.2, 0) is 17.8 Å². The molecular weight excluding hydrogens is 278 g/mol. The fourth-order valence-electron chi connectivity index (χ4n) is 1.99. The number of nitrogens with zero attached hydrogens (tertiary/aromatic N) is 1. The Morgan fingerprint density at radius 3 is 2.45 bits per heavy atom. The van der Waals surface area contributed by atoms with Crippen LogP contribution in [0.2, 0.25) is 0 Å². The minimum atomic E-state index is -0.472. The van der Waals surface area contributed by atoms with Gasteiger partial charge in [-0.3, -0.25) is 5.10 Å². The summed E-state index contributed by atoms with van der Waals surface area (Å²) in [5.41, 5.74) is 3.45. The van der Waals surface area contributed by atoms with E-state index in [0.717, 1.165) is 29.9 Å². The molecule has 0 bridgehead atoms. The van der Waals surface area contributed by atoms with Crippen molar-refractivity contribution in [2.75, 3.05) is 0 Å². The molecule has 5 heteroatoms. The molecule has 0 saturated carbocycles. The van der Waals surface area contributed by atoms with Crippen molar-refractivity contribution in [3.8, 4) is 0 Å². The zero-order valence-electron chi connectivity index (χ0n) is 13.6. The highest BCUT2D eigenvalue weighted by atomic mass is 16.6. The molecule has 5 nitrogen and oxygen atoms in total. The molecule has 0 spiro atoms. The van der Waals surface area contributed by atoms with Crippen LogP contribution in [0.5, 0.6) is 0 Å². The summed E-state index contributed by atoms with van der Waals surface area (Å²) >= 11 is 0. The Morgan fingerprint density at radius 1 is 1.23 bits per heavy atom. The van der Waals surface area contributed by atoms with E-state index in [1.54, 1.807) is 12.1 Å². The number of aromatic nitrogens is 2. The van der Waals surface area contributed by atoms with Gasteiger partial charge in [-0.05, 0) is 45.4 Å². The first kappa shape index (κ1) is 16.2. The number of nitrogens with one attached hydrogen (secondary N) is 2. The molecule has 22 heavy (non-hydrogen) atoms. The van der Waals surface area contributed by atoms with Gasteiger partial charge < -0.3 is 10.1 Å². The van der Waals surface area contributed by atoms with Gasteiger partial charge in [-0.1, -0.05) is 12.1 Å². The lowest BCUT2D eigenvalue weighted by Crippen LogP contribution is -2.23. The van der Waals surface area contributed by atoms with Crippen LogP contribution in [0.4, 0.5) is 0 Å². The van der Waals surface area contributed by atoms with Crippen LogP contribution in [0, 0.1) is 6.92 Å². The number of hydrogen-bond donors (Lipinski definition) is 2. The first-order valence-electron chi connectivity index (χ1n) is 7.37. The van der Waals surface area contributed by atoms with E-state index in [-0.39, 0.29) is 5.97 Å². The second-order valence-corrected chi connectivity index (χ2v) is 6.32. The van der Waals surface area contributed by atoms with E-state index in [0.29, 0.717) is 5.56 Å². The molecule has 0 atom stereocenters. The topological polar surface area (TPSA) is 67.0 Å². The Hall–Kier alpha value is -2.14. The number of H-pyrrole nitrogens is 1. The Labute approximate surface area is 131 Å². The standard InChI is InChI=1S/C17H23N3O2/c1-12-15(11-19-20-12)10-18-9-13-5-7-14(8-6-13)16(21)22-17(2,3)4/h5-8,11,18H,9-10H2,1-4H3,(H,19,20). The van der Waals surface area contributed by atoms with Crippen molar-refractivity contribution in [2.24, 2.45) is 0 Å². The molecule has 0 aliphatic rings. The third kappa shape index (κ3) is 4.70. The molecular formula is C17H23N3O2. The maximum atomic E-state index is 11.9. The molecule has 1 heterocycles. The van der Waals surface area contributed by atoms with E-state index in [9.17, 15) is 4.79 Å². The number of aryl methyl sites for hydroxylation is 1. The van der Waals surface area contributed by atoms with Gasteiger partial charge in [0.15, 0.2) is 0 Å². The fourth-order valence-corrected chi connectivity index (χ4v) is 1.99. The number of ether oxygens (including phenoxy) is 1. The minimum absolute atomic E-state index is 0.291. The van der Waals surface area contributed by atoms with Gasteiger partial charge in [-0.15, -0.1) is 0 Å². The summed E-state index contributed by atoms with van der Waals surface area (Å²) in [7, 11) is 0. The predicted molar refractivity (Wildman–Crippen MR) is 85.5 cm³/mol. The van der Waals surface area contributed by atoms with Gasteiger partial charge in [0.2, 0.25) is 0 Å². The number of carbonyl (C=O) groups is 1. The van der Waals surface area contributed by atoms with Crippen molar-refractivity contribution in [3.63, 3.8) is 0 Å². The lowest BCUT2D eigenvalue weighted by molar-refractivity contribution is 0.00695. The Kier molecular flexibility index (Phi) is 4.98. The van der Waals surface area contributed by atoms with Gasteiger partial charge in [0, 0.05) is 24.3 Å². The van der Waals surface area contributed by atoms with Gasteiger partial charge >= 0.3 is 5.97 Å². The fraction of sp³-hybridized carbons (Fsp3) is 0.412. The Bertz CT molecular complexity index is 624. The zero-order valence-corrected chi connectivity index (χ0v) is 13.6. The van der Waals surface area contributed by atoms with E-state index in [1.807, 2.05) is 46.0 Å². The average molecular weight is 301 g/mol. The van der Waals surface area contributed by atoms with E-state index in [1.165, 1.54) is 0 Å². The van der Waals surface area contributed by atoms with Crippen LogP contribution < -0.4 is 5.32 Å². The number of carbonyl (C=O) groups excluding carboxylic acids is 1. The number of hydrogen-bond acceptors (Lipinski definition) is 4. The molecule has 2 aromatic rings. The lowest BCUT2D eigenvalue weighted by atomic mass is 10.1. The Balaban J connectivity index is 1.87. The largest absolute Gasteiger partial charge is 0.456 e. The summed E-state index contributed by atoms with van der Waals surface area (Å²) in [5, 5.41) is 10.3. The zero-order chi connectivity index (χ0) is 16.2. The molecule has 0 amide bonds. The number of rotatable bonds is 5. The van der Waals surface area contributed by atoms with Crippen LogP contribution in [0.1, 0.15) is 48.0 Å². The molecule has 2 rings (SSSR count). The Morgan fingerprint density at radius 2 is 1.91 bits per heavy atom. The SMILES string of the molecule is Cc1[nH]ncc1CNCc1ccc(C(=O)OC(C)(C)C)cc1. The maximum absolute atomic E-state index is 11.9. The van der Waals surface area contributed by atoms with Gasteiger partial charge in [0.1, 0.15) is 5.60 Å². The van der Waals surface area contributed by atoms with Crippen molar-refractivity contribution in [3.05, 3.63) is 52.8 Å². The van der Waals surface area contributed by atoms with Crippen molar-refractivity contribution in [1.82, 2.24) is 15.5 Å². The average Bonchev–Trinajstić information content (AvgIpc) is 2.83. The molecule has 0 aliphatic carbocycles. The molecule has 2 N–H and O–H groups in total. The molecule has 0 aliphatic heterocycles. The predicted octanol–water partition coefficient (Wildman–Crippen LogP) is 2.96. The highest BCUT2D eigenvalue weighted by Gasteiger charge is 2.17. The van der Waals surface area contributed by atoms with Crippen molar-refractivity contribution >= 4 is 5.97 Å². The van der Waals surface area contributed by atoms with E-state index >= 15 is 0 Å². The third-order valence-electron chi connectivity index (χ3n) is 3.17. The second kappa shape index (κ2) is 6.75. The molecule has 1 aromatic carbocycles. The summed E-state index contributed by atoms with van der Waals surface area (Å²) in [6, 6.07) is 7.48. The van der Waals surface area contributed by atoms with Crippen LogP contribution in [0.15, 0.2) is 30.5 Å². The monoisotopic (exact) mass is 301 g/mol. The van der Waals surface area contributed by atoms with E-state index < -0.39 is 5.60 Å². The highest BCUT2D eigenvalue weighted by Crippen LogP contribution is 2.13. The van der Waals surface area contributed by atoms with Crippen molar-refractivity contribution in [2.45, 2.75) is 46.4 Å². The normalized spacial score (nSPS) is 11.5. The summed E-state index contributed by atoms with van der Waals surface area (Å²) in [5.74, 6) is -0.291. The van der Waals surface area contributed by atoms with Gasteiger partial charge in [-0.2, -0.15) is 5.10 Å². The number of benzene rings is 1. The number of aromatic amines is 1. The smallest absolute Gasteiger partial charge is 0.338 e. The number of esters is 1. The van der Waals surface area contributed by atoms with Crippen molar-refractivity contribution in [1.29, 1.82) is 0 Å². The summed E-state index contributed by atoms with van der Waals surface area (Å²) in [6.07, 6.45) is 1.83. The van der Waals surface area contributed by atoms with Crippen LogP contribution in [-0.4, -0.2) is 21.8 Å². The van der Waals surface area contributed by atoms with Gasteiger partial charge in [-0.25, -0.2) is 4.79 Å². The lowest BCUT2D eigenvalue weighted by Gasteiger charge is -2.19. The van der Waals surface area contributed by atoms with Crippen LogP contribution >= 0.6 is 0 Å². The quantitative estimate of drug-likeness (QED) is 0.833. The maximum Gasteiger partial charge on any atom is 0.338 e. The molecule has 118 valence electrons. The highest BCUT2D eigenvalue weighted by molar-refractivity contribution is 5.89. The first-order valence-corrected chi connectivity index (χ1v) is 7.37. The summed E-state index contributed by atoms with van der Waals surface area (Å²) in [6.45, 7) is 9.08. The minimum Gasteiger partial charge on any atom is -0.456 e. The molecule has 0 saturated heterocycles. The third-order valence-corrected chi connectivity index (χ3v) is 3.17. The van der Waals surface area contributed by atoms with Gasteiger partial charge in [0.25, 0.3) is 0 Å². The van der Waals surface area contributed by atoms with E-state index in [4.69, 9.17) is 4.74 Å².